The molecular weight excluding hydrogens is 392 g/mol. The molecular formula is C21H22N2O7. The molecule has 0 fully saturated rings. The first-order chi connectivity index (χ1) is 14.6. The highest BCUT2D eigenvalue weighted by atomic mass is 16.5. The lowest BCUT2D eigenvalue weighted by molar-refractivity contribution is -0.144. The molecule has 0 radical (unpaired) electrons. The zero-order valence-corrected chi connectivity index (χ0v) is 17.1. The van der Waals surface area contributed by atoms with Crippen LogP contribution in [0.25, 0.3) is 11.5 Å². The van der Waals surface area contributed by atoms with E-state index in [0.717, 1.165) is 11.3 Å². The van der Waals surface area contributed by atoms with Gasteiger partial charge in [0.05, 0.1) is 34.9 Å². The quantitative estimate of drug-likeness (QED) is 0.489. The second-order valence-electron chi connectivity index (χ2n) is 6.10. The second-order valence-corrected chi connectivity index (χ2v) is 6.10. The van der Waals surface area contributed by atoms with Crippen LogP contribution in [0.3, 0.4) is 0 Å². The Morgan fingerprint density at radius 2 is 1.57 bits per heavy atom. The van der Waals surface area contributed by atoms with Crippen LogP contribution in [0.4, 0.5) is 0 Å². The van der Waals surface area contributed by atoms with Gasteiger partial charge in [-0.2, -0.15) is 0 Å². The molecule has 0 bridgehead atoms. The van der Waals surface area contributed by atoms with Crippen molar-refractivity contribution >= 4 is 5.97 Å². The summed E-state index contributed by atoms with van der Waals surface area (Å²) in [5.41, 5.74) is 1.39. The molecule has 0 aliphatic rings. The molecule has 0 atom stereocenters. The normalized spacial score (nSPS) is 10.4. The van der Waals surface area contributed by atoms with Crippen molar-refractivity contribution in [3.05, 3.63) is 47.9 Å². The first kappa shape index (κ1) is 21.0. The number of methoxy groups -OCH3 is 4. The maximum atomic E-state index is 12.1. The fraction of sp³-hybridized carbons (Fsp3) is 0.286. The van der Waals surface area contributed by atoms with Crippen LogP contribution in [-0.4, -0.2) is 44.6 Å². The summed E-state index contributed by atoms with van der Waals surface area (Å²) >= 11 is 0. The topological polar surface area (TPSA) is 102 Å². The highest BCUT2D eigenvalue weighted by Gasteiger charge is 2.18. The van der Waals surface area contributed by atoms with E-state index in [4.69, 9.17) is 28.1 Å². The third kappa shape index (κ3) is 4.80. The van der Waals surface area contributed by atoms with Crippen molar-refractivity contribution in [2.24, 2.45) is 0 Å². The van der Waals surface area contributed by atoms with Crippen LogP contribution in [0.1, 0.15) is 11.5 Å². The molecule has 3 aromatic rings. The summed E-state index contributed by atoms with van der Waals surface area (Å²) in [5.74, 6) is 2.08. The molecule has 0 unspecified atom stereocenters. The fourth-order valence-corrected chi connectivity index (χ4v) is 2.74. The Labute approximate surface area is 173 Å². The first-order valence-electron chi connectivity index (χ1n) is 8.99. The van der Waals surface area contributed by atoms with Gasteiger partial charge < -0.3 is 28.1 Å². The molecule has 158 valence electrons. The van der Waals surface area contributed by atoms with Crippen LogP contribution >= 0.6 is 0 Å². The molecule has 0 saturated carbocycles. The zero-order valence-electron chi connectivity index (χ0n) is 17.1. The van der Waals surface area contributed by atoms with Crippen LogP contribution in [0.2, 0.25) is 0 Å². The molecule has 3 rings (SSSR count). The van der Waals surface area contributed by atoms with Gasteiger partial charge >= 0.3 is 5.97 Å². The number of aromatic nitrogens is 2. The van der Waals surface area contributed by atoms with Gasteiger partial charge in [-0.15, -0.1) is 10.2 Å². The summed E-state index contributed by atoms with van der Waals surface area (Å²) in [6, 6.07) is 10.5. The predicted molar refractivity (Wildman–Crippen MR) is 106 cm³/mol. The number of esters is 1. The van der Waals surface area contributed by atoms with Crippen LogP contribution in [0.5, 0.6) is 23.0 Å². The van der Waals surface area contributed by atoms with Gasteiger partial charge in [-0.25, -0.2) is 0 Å². The fourth-order valence-electron chi connectivity index (χ4n) is 2.74. The maximum Gasteiger partial charge on any atom is 0.310 e. The number of hydrogen-bond donors (Lipinski definition) is 0. The van der Waals surface area contributed by atoms with E-state index in [-0.39, 0.29) is 24.8 Å². The Hall–Kier alpha value is -3.75. The number of carbonyl (C=O) groups is 1. The average molecular weight is 414 g/mol. The van der Waals surface area contributed by atoms with E-state index >= 15 is 0 Å². The Morgan fingerprint density at radius 3 is 2.13 bits per heavy atom. The van der Waals surface area contributed by atoms with E-state index < -0.39 is 5.97 Å². The van der Waals surface area contributed by atoms with Crippen molar-refractivity contribution in [1.29, 1.82) is 0 Å². The van der Waals surface area contributed by atoms with Crippen molar-refractivity contribution in [3.8, 4) is 34.5 Å². The SMILES string of the molecule is COc1ccc(CC(=O)OCc2nnc(-c3cc(OC)c(OC)c(OC)c3)o2)cc1. The van der Waals surface area contributed by atoms with Crippen molar-refractivity contribution in [3.63, 3.8) is 0 Å². The van der Waals surface area contributed by atoms with Gasteiger partial charge in [0.2, 0.25) is 11.6 Å². The largest absolute Gasteiger partial charge is 0.497 e. The molecule has 9 heteroatoms. The lowest BCUT2D eigenvalue weighted by atomic mass is 10.1. The third-order valence-corrected chi connectivity index (χ3v) is 4.24. The predicted octanol–water partition coefficient (Wildman–Crippen LogP) is 3.06. The molecule has 30 heavy (non-hydrogen) atoms. The van der Waals surface area contributed by atoms with Gasteiger partial charge in [0.15, 0.2) is 18.1 Å². The molecule has 9 nitrogen and oxygen atoms in total. The number of hydrogen-bond acceptors (Lipinski definition) is 9. The highest BCUT2D eigenvalue weighted by Crippen LogP contribution is 2.40. The van der Waals surface area contributed by atoms with Gasteiger partial charge in [0.25, 0.3) is 5.89 Å². The van der Waals surface area contributed by atoms with Gasteiger partial charge in [0, 0.05) is 5.56 Å². The summed E-state index contributed by atoms with van der Waals surface area (Å²) in [6.45, 7) is -0.133. The maximum absolute atomic E-state index is 12.1. The number of rotatable bonds is 9. The van der Waals surface area contributed by atoms with Crippen molar-refractivity contribution in [2.45, 2.75) is 13.0 Å². The zero-order chi connectivity index (χ0) is 21.5. The first-order valence-corrected chi connectivity index (χ1v) is 8.99. The van der Waals surface area contributed by atoms with Gasteiger partial charge in [-0.3, -0.25) is 4.79 Å². The van der Waals surface area contributed by atoms with Gasteiger partial charge in [-0.05, 0) is 29.8 Å². The molecule has 0 aliphatic heterocycles. The monoisotopic (exact) mass is 414 g/mol. The van der Waals surface area contributed by atoms with Crippen LogP contribution in [0.15, 0.2) is 40.8 Å². The summed E-state index contributed by atoms with van der Waals surface area (Å²) in [4.78, 5) is 12.1. The van der Waals surface area contributed by atoms with Gasteiger partial charge in [0.1, 0.15) is 5.75 Å². The molecule has 0 spiro atoms. The summed E-state index contributed by atoms with van der Waals surface area (Å²) in [7, 11) is 6.14. The minimum absolute atomic E-state index is 0.123. The third-order valence-electron chi connectivity index (χ3n) is 4.24. The van der Waals surface area contributed by atoms with E-state index in [9.17, 15) is 4.79 Å². The number of nitrogens with zero attached hydrogens (tertiary/aromatic N) is 2. The average Bonchev–Trinajstić information content (AvgIpc) is 3.26. The minimum Gasteiger partial charge on any atom is -0.497 e. The molecule has 0 saturated heterocycles. The van der Waals surface area contributed by atoms with Crippen LogP contribution < -0.4 is 18.9 Å². The molecule has 0 N–H and O–H groups in total. The summed E-state index contributed by atoms with van der Waals surface area (Å²) in [5, 5.41) is 7.92. The number of carbonyl (C=O) groups excluding carboxylic acids is 1. The molecule has 2 aromatic carbocycles. The minimum atomic E-state index is -0.410. The number of benzene rings is 2. The Bertz CT molecular complexity index is 974. The smallest absolute Gasteiger partial charge is 0.310 e. The highest BCUT2D eigenvalue weighted by molar-refractivity contribution is 5.72. The van der Waals surface area contributed by atoms with Gasteiger partial charge in [-0.1, -0.05) is 12.1 Å². The second kappa shape index (κ2) is 9.64. The molecule has 1 heterocycles. The Kier molecular flexibility index (Phi) is 6.74. The standard InChI is InChI=1S/C21H22N2O7/c1-25-15-7-5-13(6-8-15)9-19(24)29-12-18-22-23-21(30-18)14-10-16(26-2)20(28-4)17(11-14)27-3/h5-8,10-11H,9,12H2,1-4H3. The van der Waals surface area contributed by atoms with Crippen LogP contribution in [0, 0.1) is 0 Å². The van der Waals surface area contributed by atoms with E-state index in [1.807, 2.05) is 0 Å². The molecule has 1 aromatic heterocycles. The van der Waals surface area contributed by atoms with Crippen molar-refractivity contribution in [1.82, 2.24) is 10.2 Å². The van der Waals surface area contributed by atoms with E-state index in [1.54, 1.807) is 43.5 Å². The van der Waals surface area contributed by atoms with E-state index in [0.29, 0.717) is 22.8 Å². The van der Waals surface area contributed by atoms with Crippen molar-refractivity contribution < 1.29 is 32.9 Å². The van der Waals surface area contributed by atoms with Crippen LogP contribution in [-0.2, 0) is 22.6 Å². The summed E-state index contributed by atoms with van der Waals surface area (Å²) < 4.78 is 31.9. The lowest BCUT2D eigenvalue weighted by Gasteiger charge is -2.12. The molecule has 0 amide bonds. The number of ether oxygens (including phenoxy) is 5. The van der Waals surface area contributed by atoms with Crippen molar-refractivity contribution in [2.75, 3.05) is 28.4 Å². The van der Waals surface area contributed by atoms with E-state index in [1.165, 1.54) is 21.3 Å². The Morgan fingerprint density at radius 1 is 0.900 bits per heavy atom. The molecule has 0 aliphatic carbocycles. The lowest BCUT2D eigenvalue weighted by Crippen LogP contribution is -2.08. The Balaban J connectivity index is 1.65. The van der Waals surface area contributed by atoms with E-state index in [2.05, 4.69) is 10.2 Å². The summed E-state index contributed by atoms with van der Waals surface area (Å²) in [6.07, 6.45) is 0.123.